The van der Waals surface area contributed by atoms with E-state index >= 15 is 0 Å². The fourth-order valence-electron chi connectivity index (χ4n) is 2.66. The van der Waals surface area contributed by atoms with E-state index in [9.17, 15) is 18.0 Å². The fourth-order valence-corrected chi connectivity index (χ4v) is 3.78. The summed E-state index contributed by atoms with van der Waals surface area (Å²) in [5.41, 5.74) is 0.835. The topological polar surface area (TPSA) is 84.0 Å². The number of esters is 1. The molecule has 0 bridgehead atoms. The summed E-state index contributed by atoms with van der Waals surface area (Å²) in [5, 5.41) is 0.0372. The summed E-state index contributed by atoms with van der Waals surface area (Å²) in [6.45, 7) is 3.64. The number of carbonyl (C=O) groups excluding carboxylic acids is 2. The van der Waals surface area contributed by atoms with Gasteiger partial charge in [0.25, 0.3) is 5.91 Å². The van der Waals surface area contributed by atoms with Crippen LogP contribution in [0.1, 0.15) is 29.8 Å². The number of nitrogens with zero attached hydrogens (tertiary/aromatic N) is 2. The smallest absolute Gasteiger partial charge is 0.340 e. The Labute approximate surface area is 182 Å². The lowest BCUT2D eigenvalue weighted by atomic mass is 10.2. The van der Waals surface area contributed by atoms with E-state index in [4.69, 9.17) is 16.3 Å². The highest BCUT2D eigenvalue weighted by Crippen LogP contribution is 2.23. The maximum Gasteiger partial charge on any atom is 0.340 e. The SMILES string of the molecule is CC(C)N(Cc1ccccc1)C(=O)COC(=O)c1cc(S(=O)(=O)N(C)C)ccc1Cl. The zero-order valence-electron chi connectivity index (χ0n) is 17.3. The average Bonchev–Trinajstić information content (AvgIpc) is 2.70. The van der Waals surface area contributed by atoms with E-state index < -0.39 is 22.6 Å². The minimum absolute atomic E-state index is 0.0372. The van der Waals surface area contributed by atoms with Crippen molar-refractivity contribution in [3.05, 3.63) is 64.7 Å². The van der Waals surface area contributed by atoms with Crippen molar-refractivity contribution in [2.24, 2.45) is 0 Å². The maximum absolute atomic E-state index is 12.6. The van der Waals surface area contributed by atoms with Gasteiger partial charge in [0.15, 0.2) is 6.61 Å². The van der Waals surface area contributed by atoms with Crippen molar-refractivity contribution in [2.75, 3.05) is 20.7 Å². The highest BCUT2D eigenvalue weighted by atomic mass is 35.5. The van der Waals surface area contributed by atoms with Crippen LogP contribution in [0.3, 0.4) is 0 Å². The van der Waals surface area contributed by atoms with Crippen LogP contribution in [0, 0.1) is 0 Å². The van der Waals surface area contributed by atoms with Gasteiger partial charge >= 0.3 is 5.97 Å². The minimum Gasteiger partial charge on any atom is -0.452 e. The zero-order valence-corrected chi connectivity index (χ0v) is 18.9. The lowest BCUT2D eigenvalue weighted by Gasteiger charge is -2.26. The van der Waals surface area contributed by atoms with Crippen molar-refractivity contribution < 1.29 is 22.7 Å². The molecule has 30 heavy (non-hydrogen) atoms. The van der Waals surface area contributed by atoms with E-state index in [-0.39, 0.29) is 27.4 Å². The Morgan fingerprint density at radius 2 is 1.70 bits per heavy atom. The molecule has 0 fully saturated rings. The van der Waals surface area contributed by atoms with Crippen molar-refractivity contribution in [1.82, 2.24) is 9.21 Å². The standard InChI is InChI=1S/C21H25ClN2O5S/c1-15(2)24(13-16-8-6-5-7-9-16)20(25)14-29-21(26)18-12-17(10-11-19(18)22)30(27,28)23(3)4/h5-12,15H,13-14H2,1-4H3. The largest absolute Gasteiger partial charge is 0.452 e. The number of benzene rings is 2. The summed E-state index contributed by atoms with van der Waals surface area (Å²) >= 11 is 6.05. The van der Waals surface area contributed by atoms with Crippen LogP contribution in [-0.2, 0) is 26.1 Å². The summed E-state index contributed by atoms with van der Waals surface area (Å²) in [4.78, 5) is 26.6. The van der Waals surface area contributed by atoms with Gasteiger partial charge in [-0.05, 0) is 37.6 Å². The van der Waals surface area contributed by atoms with Crippen LogP contribution >= 0.6 is 11.6 Å². The van der Waals surface area contributed by atoms with Crippen molar-refractivity contribution in [3.63, 3.8) is 0 Å². The molecule has 0 N–H and O–H groups in total. The lowest BCUT2D eigenvalue weighted by Crippen LogP contribution is -2.39. The molecule has 0 aliphatic carbocycles. The molecule has 0 atom stereocenters. The van der Waals surface area contributed by atoms with Gasteiger partial charge in [-0.25, -0.2) is 17.5 Å². The number of hydrogen-bond acceptors (Lipinski definition) is 5. The molecule has 7 nitrogen and oxygen atoms in total. The van der Waals surface area contributed by atoms with Gasteiger partial charge in [-0.1, -0.05) is 41.9 Å². The third-order valence-electron chi connectivity index (χ3n) is 4.40. The Hall–Kier alpha value is -2.42. The molecule has 9 heteroatoms. The fraction of sp³-hybridized carbons (Fsp3) is 0.333. The molecule has 2 aromatic rings. The number of rotatable bonds is 8. The van der Waals surface area contributed by atoms with Gasteiger partial charge in [-0.3, -0.25) is 4.79 Å². The molecule has 0 aliphatic heterocycles. The van der Waals surface area contributed by atoms with Crippen LogP contribution in [0.25, 0.3) is 0 Å². The first-order chi connectivity index (χ1) is 14.0. The first kappa shape index (κ1) is 23.9. The summed E-state index contributed by atoms with van der Waals surface area (Å²) in [6.07, 6.45) is 0. The maximum atomic E-state index is 12.6. The molecule has 0 saturated heterocycles. The van der Waals surface area contributed by atoms with Crippen LogP contribution in [0.4, 0.5) is 0 Å². The number of sulfonamides is 1. The summed E-state index contributed by atoms with van der Waals surface area (Å²) in [6, 6.07) is 13.1. The van der Waals surface area contributed by atoms with E-state index in [0.717, 1.165) is 15.9 Å². The van der Waals surface area contributed by atoms with Gasteiger partial charge in [0.2, 0.25) is 10.0 Å². The molecule has 0 radical (unpaired) electrons. The van der Waals surface area contributed by atoms with Gasteiger partial charge < -0.3 is 9.64 Å². The van der Waals surface area contributed by atoms with E-state index in [1.807, 2.05) is 44.2 Å². The number of carbonyl (C=O) groups is 2. The summed E-state index contributed by atoms with van der Waals surface area (Å²) in [7, 11) is -0.983. The highest BCUT2D eigenvalue weighted by molar-refractivity contribution is 7.89. The van der Waals surface area contributed by atoms with Crippen LogP contribution in [-0.4, -0.2) is 56.2 Å². The zero-order chi connectivity index (χ0) is 22.5. The van der Waals surface area contributed by atoms with Crippen LogP contribution in [0.2, 0.25) is 5.02 Å². The lowest BCUT2D eigenvalue weighted by molar-refractivity contribution is -0.136. The van der Waals surface area contributed by atoms with Gasteiger partial charge in [0.05, 0.1) is 15.5 Å². The molecule has 2 aromatic carbocycles. The minimum atomic E-state index is -3.75. The van der Waals surface area contributed by atoms with Crippen LogP contribution in [0.15, 0.2) is 53.4 Å². The second-order valence-corrected chi connectivity index (χ2v) is 9.67. The van der Waals surface area contributed by atoms with Gasteiger partial charge in [-0.15, -0.1) is 0 Å². The number of hydrogen-bond donors (Lipinski definition) is 0. The molecule has 0 saturated carbocycles. The second kappa shape index (κ2) is 10.1. The van der Waals surface area contributed by atoms with Crippen molar-refractivity contribution in [2.45, 2.75) is 31.3 Å². The molecule has 0 aromatic heterocycles. The molecule has 0 unspecified atom stereocenters. The van der Waals surface area contributed by atoms with E-state index in [0.29, 0.717) is 6.54 Å². The van der Waals surface area contributed by atoms with E-state index in [1.54, 1.807) is 4.90 Å². The van der Waals surface area contributed by atoms with Gasteiger partial charge in [0, 0.05) is 26.7 Å². The molecule has 1 amide bonds. The predicted octanol–water partition coefficient (Wildman–Crippen LogP) is 3.18. The molecule has 0 aliphatic rings. The summed E-state index contributed by atoms with van der Waals surface area (Å²) < 4.78 is 30.8. The van der Waals surface area contributed by atoms with Crippen molar-refractivity contribution >= 4 is 33.5 Å². The predicted molar refractivity (Wildman–Crippen MR) is 115 cm³/mol. The van der Waals surface area contributed by atoms with Crippen molar-refractivity contribution in [1.29, 1.82) is 0 Å². The van der Waals surface area contributed by atoms with Crippen LogP contribution < -0.4 is 0 Å². The van der Waals surface area contributed by atoms with Gasteiger partial charge in [0.1, 0.15) is 0 Å². The van der Waals surface area contributed by atoms with E-state index in [1.165, 1.54) is 26.2 Å². The first-order valence-electron chi connectivity index (χ1n) is 9.26. The Balaban J connectivity index is 2.13. The third kappa shape index (κ3) is 5.81. The van der Waals surface area contributed by atoms with E-state index in [2.05, 4.69) is 0 Å². The molecule has 2 rings (SSSR count). The number of ether oxygens (including phenoxy) is 1. The summed E-state index contributed by atoms with van der Waals surface area (Å²) in [5.74, 6) is -1.23. The third-order valence-corrected chi connectivity index (χ3v) is 6.54. The molecular formula is C21H25ClN2O5S. The number of halogens is 1. The Bertz CT molecular complexity index is 1010. The molecule has 0 heterocycles. The Kier molecular flexibility index (Phi) is 8.00. The average molecular weight is 453 g/mol. The van der Waals surface area contributed by atoms with Gasteiger partial charge in [-0.2, -0.15) is 0 Å². The Morgan fingerprint density at radius 3 is 2.27 bits per heavy atom. The van der Waals surface area contributed by atoms with Crippen LogP contribution in [0.5, 0.6) is 0 Å². The monoisotopic (exact) mass is 452 g/mol. The van der Waals surface area contributed by atoms with Crippen molar-refractivity contribution in [3.8, 4) is 0 Å². The Morgan fingerprint density at radius 1 is 1.07 bits per heavy atom. The second-order valence-electron chi connectivity index (χ2n) is 7.11. The highest BCUT2D eigenvalue weighted by Gasteiger charge is 2.23. The normalized spacial score (nSPS) is 11.6. The molecular weight excluding hydrogens is 428 g/mol. The quantitative estimate of drug-likeness (QED) is 0.574. The first-order valence-corrected chi connectivity index (χ1v) is 11.1. The molecule has 162 valence electrons. The number of amides is 1. The molecule has 0 spiro atoms.